The molecule has 1 rings (SSSR count). The van der Waals surface area contributed by atoms with Crippen LogP contribution >= 0.6 is 11.8 Å². The van der Waals surface area contributed by atoms with E-state index in [0.29, 0.717) is 17.7 Å². The predicted octanol–water partition coefficient (Wildman–Crippen LogP) is 2.52. The molecule has 0 amide bonds. The maximum atomic E-state index is 10.9. The van der Waals surface area contributed by atoms with E-state index < -0.39 is 0 Å². The zero-order chi connectivity index (χ0) is 12.0. The summed E-state index contributed by atoms with van der Waals surface area (Å²) in [6.07, 6.45) is 0.361. The maximum absolute atomic E-state index is 10.9. The first-order chi connectivity index (χ1) is 7.69. The van der Waals surface area contributed by atoms with Gasteiger partial charge in [0.1, 0.15) is 6.07 Å². The van der Waals surface area contributed by atoms with Gasteiger partial charge < -0.3 is 4.74 Å². The van der Waals surface area contributed by atoms with E-state index in [4.69, 9.17) is 5.26 Å². The third kappa shape index (κ3) is 3.28. The third-order valence-electron chi connectivity index (χ3n) is 2.11. The SMILES string of the molecule is COC(=O)CCSc1c(C)cccc1C#N. The minimum atomic E-state index is -0.223. The van der Waals surface area contributed by atoms with Gasteiger partial charge in [0.15, 0.2) is 0 Å². The number of esters is 1. The lowest BCUT2D eigenvalue weighted by atomic mass is 10.1. The third-order valence-corrected chi connectivity index (χ3v) is 3.35. The summed E-state index contributed by atoms with van der Waals surface area (Å²) in [5.74, 6) is 0.409. The van der Waals surface area contributed by atoms with E-state index in [1.54, 1.807) is 6.07 Å². The lowest BCUT2D eigenvalue weighted by Crippen LogP contribution is -2.01. The van der Waals surface area contributed by atoms with Gasteiger partial charge in [0.2, 0.25) is 0 Å². The molecule has 0 aliphatic heterocycles. The number of nitriles is 1. The second-order valence-electron chi connectivity index (χ2n) is 3.24. The van der Waals surface area contributed by atoms with Gasteiger partial charge in [0, 0.05) is 10.6 Å². The van der Waals surface area contributed by atoms with Crippen LogP contribution in [0.4, 0.5) is 0 Å². The quantitative estimate of drug-likeness (QED) is 0.594. The molecule has 16 heavy (non-hydrogen) atoms. The number of ether oxygens (including phenoxy) is 1. The highest BCUT2D eigenvalue weighted by Gasteiger charge is 2.07. The Bertz CT molecular complexity index is 424. The van der Waals surface area contributed by atoms with Crippen molar-refractivity contribution >= 4 is 17.7 Å². The molecule has 0 saturated carbocycles. The van der Waals surface area contributed by atoms with E-state index in [0.717, 1.165) is 10.5 Å². The Kier molecular flexibility index (Phi) is 4.87. The lowest BCUT2D eigenvalue weighted by Gasteiger charge is -2.06. The highest BCUT2D eigenvalue weighted by molar-refractivity contribution is 7.99. The van der Waals surface area contributed by atoms with Crippen molar-refractivity contribution in [2.24, 2.45) is 0 Å². The van der Waals surface area contributed by atoms with Gasteiger partial charge in [-0.25, -0.2) is 0 Å². The van der Waals surface area contributed by atoms with E-state index in [1.165, 1.54) is 18.9 Å². The minimum Gasteiger partial charge on any atom is -0.469 e. The average Bonchev–Trinajstić information content (AvgIpc) is 2.30. The lowest BCUT2D eigenvalue weighted by molar-refractivity contribution is -0.140. The van der Waals surface area contributed by atoms with Gasteiger partial charge in [-0.2, -0.15) is 5.26 Å². The maximum Gasteiger partial charge on any atom is 0.306 e. The Morgan fingerprint density at radius 2 is 2.31 bits per heavy atom. The van der Waals surface area contributed by atoms with Crippen LogP contribution in [0.1, 0.15) is 17.5 Å². The van der Waals surface area contributed by atoms with Crippen molar-refractivity contribution in [2.75, 3.05) is 12.9 Å². The summed E-state index contributed by atoms with van der Waals surface area (Å²) in [6.45, 7) is 1.96. The summed E-state index contributed by atoms with van der Waals surface area (Å²) in [5.41, 5.74) is 1.73. The van der Waals surface area contributed by atoms with Crippen LogP contribution in [0.2, 0.25) is 0 Å². The van der Waals surface area contributed by atoms with Crippen molar-refractivity contribution < 1.29 is 9.53 Å². The molecule has 0 bridgehead atoms. The normalized spacial score (nSPS) is 9.56. The molecular formula is C12H13NO2S. The molecule has 0 aliphatic rings. The summed E-state index contributed by atoms with van der Waals surface area (Å²) >= 11 is 1.52. The van der Waals surface area contributed by atoms with E-state index >= 15 is 0 Å². The van der Waals surface area contributed by atoms with Gasteiger partial charge in [-0.15, -0.1) is 11.8 Å². The highest BCUT2D eigenvalue weighted by Crippen LogP contribution is 2.26. The van der Waals surface area contributed by atoms with Gasteiger partial charge in [-0.05, 0) is 18.6 Å². The van der Waals surface area contributed by atoms with Gasteiger partial charge in [-0.3, -0.25) is 4.79 Å². The number of rotatable bonds is 4. The summed E-state index contributed by atoms with van der Waals surface area (Å²) in [7, 11) is 1.38. The summed E-state index contributed by atoms with van der Waals surface area (Å²) in [5, 5.41) is 8.94. The van der Waals surface area contributed by atoms with Crippen LogP contribution in [0.5, 0.6) is 0 Å². The molecule has 0 fully saturated rings. The van der Waals surface area contributed by atoms with Crippen LogP contribution in [0.3, 0.4) is 0 Å². The number of carbonyl (C=O) groups excluding carboxylic acids is 1. The average molecular weight is 235 g/mol. The van der Waals surface area contributed by atoms with Gasteiger partial charge in [0.25, 0.3) is 0 Å². The van der Waals surface area contributed by atoms with Gasteiger partial charge in [-0.1, -0.05) is 12.1 Å². The predicted molar refractivity (Wildman–Crippen MR) is 63.3 cm³/mol. The molecule has 3 nitrogen and oxygen atoms in total. The van der Waals surface area contributed by atoms with Crippen molar-refractivity contribution in [2.45, 2.75) is 18.2 Å². The number of aryl methyl sites for hydroxylation is 1. The summed E-state index contributed by atoms with van der Waals surface area (Å²) in [4.78, 5) is 11.9. The molecule has 0 heterocycles. The van der Waals surface area contributed by atoms with Crippen LogP contribution < -0.4 is 0 Å². The summed E-state index contributed by atoms with van der Waals surface area (Å²) < 4.78 is 4.56. The topological polar surface area (TPSA) is 50.1 Å². The molecule has 0 radical (unpaired) electrons. The van der Waals surface area contributed by atoms with Crippen molar-refractivity contribution in [3.05, 3.63) is 29.3 Å². The number of methoxy groups -OCH3 is 1. The smallest absolute Gasteiger partial charge is 0.306 e. The zero-order valence-electron chi connectivity index (χ0n) is 9.32. The van der Waals surface area contributed by atoms with Crippen LogP contribution in [0, 0.1) is 18.3 Å². The molecule has 1 aromatic carbocycles. The molecule has 1 aromatic rings. The second-order valence-corrected chi connectivity index (χ2v) is 4.34. The van der Waals surface area contributed by atoms with E-state index in [2.05, 4.69) is 10.8 Å². The number of hydrogen-bond donors (Lipinski definition) is 0. The standard InChI is InChI=1S/C12H13NO2S/c1-9-4-3-5-10(8-13)12(9)16-7-6-11(14)15-2/h3-5H,6-7H2,1-2H3. The molecule has 0 saturated heterocycles. The monoisotopic (exact) mass is 235 g/mol. The van der Waals surface area contributed by atoms with Gasteiger partial charge >= 0.3 is 5.97 Å². The summed E-state index contributed by atoms with van der Waals surface area (Å²) in [6, 6.07) is 7.76. The molecule has 0 aromatic heterocycles. The number of carbonyl (C=O) groups is 1. The van der Waals surface area contributed by atoms with Crippen LogP contribution in [0.15, 0.2) is 23.1 Å². The Hall–Kier alpha value is -1.47. The van der Waals surface area contributed by atoms with Crippen LogP contribution in [-0.4, -0.2) is 18.8 Å². The molecule has 0 atom stereocenters. The first-order valence-electron chi connectivity index (χ1n) is 4.88. The molecule has 0 unspecified atom stereocenters. The number of nitrogens with zero attached hydrogens (tertiary/aromatic N) is 1. The van der Waals surface area contributed by atoms with Crippen molar-refractivity contribution in [3.8, 4) is 6.07 Å². The second kappa shape index (κ2) is 6.19. The molecular weight excluding hydrogens is 222 g/mol. The van der Waals surface area contributed by atoms with E-state index in [-0.39, 0.29) is 5.97 Å². The highest BCUT2D eigenvalue weighted by atomic mass is 32.2. The van der Waals surface area contributed by atoms with Crippen LogP contribution in [0.25, 0.3) is 0 Å². The number of thioether (sulfide) groups is 1. The largest absolute Gasteiger partial charge is 0.469 e. The fourth-order valence-corrected chi connectivity index (χ4v) is 2.31. The van der Waals surface area contributed by atoms with Gasteiger partial charge in [0.05, 0.1) is 19.1 Å². The molecule has 0 N–H and O–H groups in total. The minimum absolute atomic E-state index is 0.223. The Morgan fingerprint density at radius 1 is 1.56 bits per heavy atom. The first kappa shape index (κ1) is 12.6. The Morgan fingerprint density at radius 3 is 2.94 bits per heavy atom. The van der Waals surface area contributed by atoms with E-state index in [1.807, 2.05) is 19.1 Å². The van der Waals surface area contributed by atoms with Crippen molar-refractivity contribution in [1.82, 2.24) is 0 Å². The fourth-order valence-electron chi connectivity index (χ4n) is 1.27. The Balaban J connectivity index is 2.67. The molecule has 4 heteroatoms. The zero-order valence-corrected chi connectivity index (χ0v) is 10.1. The molecule has 0 spiro atoms. The fraction of sp³-hybridized carbons (Fsp3) is 0.333. The number of benzene rings is 1. The van der Waals surface area contributed by atoms with E-state index in [9.17, 15) is 4.79 Å². The van der Waals surface area contributed by atoms with Crippen molar-refractivity contribution in [1.29, 1.82) is 5.26 Å². The first-order valence-corrected chi connectivity index (χ1v) is 5.87. The number of hydrogen-bond acceptors (Lipinski definition) is 4. The molecule has 0 aliphatic carbocycles. The van der Waals surface area contributed by atoms with Crippen LogP contribution in [-0.2, 0) is 9.53 Å². The Labute approximate surface area is 99.4 Å². The molecule has 84 valence electrons. The van der Waals surface area contributed by atoms with Crippen molar-refractivity contribution in [3.63, 3.8) is 0 Å².